The van der Waals surface area contributed by atoms with Crippen LogP contribution < -0.4 is 10.6 Å². The molecule has 2 rings (SSSR count). The van der Waals surface area contributed by atoms with E-state index in [1.54, 1.807) is 0 Å². The molecule has 0 aromatic carbocycles. The Morgan fingerprint density at radius 3 is 0.849 bits per heavy atom. The summed E-state index contributed by atoms with van der Waals surface area (Å²) in [7, 11) is -5.63. The topological polar surface area (TPSA) is 345 Å². The maximum absolute atomic E-state index is 15.3. The van der Waals surface area contributed by atoms with E-state index in [0.717, 1.165) is 224 Å². The number of rotatable bonds is 99. The van der Waals surface area contributed by atoms with E-state index in [1.807, 2.05) is 0 Å². The van der Waals surface area contributed by atoms with Gasteiger partial charge in [0.05, 0.1) is 32.5 Å². The molecule has 0 bridgehead atoms. The molecular formula is C114H215N2O22P. The first kappa shape index (κ1) is 131. The summed E-state index contributed by atoms with van der Waals surface area (Å²) >= 11 is 0. The largest absolute Gasteiger partial charge is 0.470 e. The SMILES string of the molecule is CCCCCCCCCCCCCCCC(=O)O[C@@H]1C(NC(=O)C[C@@H](CCCCCCCCCCC)OC(=O)CCCCCCCCCCCC(C)C)C(O)OC(CO[C@@H]2OC(CO)[C@@H](OP(=O)(O)O)[C@H](OC(=O)C[C@@H](CCCCCCCCCCC)OC(=O)CCCCCCCCCCCCC)C2NC(=O)C[C@@H](CCCCCCCCCCC)OC(=O)CCCCCCCCCCCC(C)C)[C@H]1O. The van der Waals surface area contributed by atoms with Gasteiger partial charge in [0.25, 0.3) is 0 Å². The summed E-state index contributed by atoms with van der Waals surface area (Å²) in [5, 5.41) is 42.1. The average Bonchev–Trinajstić information content (AvgIpc) is 0.774. The van der Waals surface area contributed by atoms with Crippen molar-refractivity contribution in [3.8, 4) is 0 Å². The molecule has 2 aliphatic heterocycles. The van der Waals surface area contributed by atoms with Gasteiger partial charge in [-0.25, -0.2) is 4.57 Å². The molecule has 0 aliphatic carbocycles. The van der Waals surface area contributed by atoms with Crippen molar-refractivity contribution in [2.45, 2.75) is 662 Å². The van der Waals surface area contributed by atoms with Crippen LogP contribution >= 0.6 is 7.82 Å². The number of carbonyl (C=O) groups is 7. The lowest BCUT2D eigenvalue weighted by Crippen LogP contribution is -2.68. The van der Waals surface area contributed by atoms with Crippen molar-refractivity contribution >= 4 is 49.5 Å². The van der Waals surface area contributed by atoms with Gasteiger partial charge in [0.1, 0.15) is 54.8 Å². The predicted octanol–water partition coefficient (Wildman–Crippen LogP) is 28.8. The fourth-order valence-electron chi connectivity index (χ4n) is 19.6. The molecule has 13 atom stereocenters. The lowest BCUT2D eigenvalue weighted by Gasteiger charge is -2.46. The molecule has 139 heavy (non-hydrogen) atoms. The summed E-state index contributed by atoms with van der Waals surface area (Å²) in [4.78, 5) is 123. The minimum absolute atomic E-state index is 0.0625. The van der Waals surface area contributed by atoms with Crippen LogP contribution in [0.3, 0.4) is 0 Å². The normalized spacial score (nSPS) is 19.1. The van der Waals surface area contributed by atoms with Gasteiger partial charge in [-0.3, -0.25) is 38.1 Å². The molecular weight excluding hydrogens is 1780 g/mol. The molecule has 0 aromatic rings. The first-order valence-corrected chi connectivity index (χ1v) is 60.1. The average molecular weight is 2000 g/mol. The molecule has 2 aliphatic rings. The molecule has 25 heteroatoms. The number of amides is 2. The van der Waals surface area contributed by atoms with Crippen LogP contribution in [0.15, 0.2) is 0 Å². The summed E-state index contributed by atoms with van der Waals surface area (Å²) in [6.07, 6.45) is 57.4. The number of phosphoric ester groups is 1. The molecule has 0 aromatic heterocycles. The van der Waals surface area contributed by atoms with Gasteiger partial charge in [-0.2, -0.15) is 0 Å². The molecule has 0 radical (unpaired) electrons. The zero-order chi connectivity index (χ0) is 102. The van der Waals surface area contributed by atoms with Gasteiger partial charge in [0.15, 0.2) is 24.8 Å². The third kappa shape index (κ3) is 74.7. The molecule has 818 valence electrons. The summed E-state index contributed by atoms with van der Waals surface area (Å²) in [6, 6.07) is -3.41. The lowest BCUT2D eigenvalue weighted by atomic mass is 9.95. The molecule has 2 fully saturated rings. The Morgan fingerprint density at radius 2 is 0.561 bits per heavy atom. The Kier molecular flexibility index (Phi) is 85.4. The number of nitrogens with one attached hydrogen (secondary N) is 2. The fourth-order valence-corrected chi connectivity index (χ4v) is 20.1. The number of carbonyl (C=O) groups excluding carboxylic acids is 7. The second-order valence-electron chi connectivity index (χ2n) is 42.6. The minimum atomic E-state index is -5.63. The number of aliphatic hydroxyl groups excluding tert-OH is 3. The van der Waals surface area contributed by atoms with E-state index in [4.69, 9.17) is 42.4 Å². The van der Waals surface area contributed by atoms with Crippen molar-refractivity contribution in [1.82, 2.24) is 10.6 Å². The Balaban J connectivity index is 2.81. The van der Waals surface area contributed by atoms with Gasteiger partial charge in [-0.1, -0.05) is 473 Å². The zero-order valence-electron chi connectivity index (χ0n) is 90.5. The summed E-state index contributed by atoms with van der Waals surface area (Å²) in [5.41, 5.74) is 0. The van der Waals surface area contributed by atoms with Crippen molar-refractivity contribution in [1.29, 1.82) is 0 Å². The molecule has 7 N–H and O–H groups in total. The van der Waals surface area contributed by atoms with E-state index in [0.29, 0.717) is 63.7 Å². The van der Waals surface area contributed by atoms with Crippen molar-refractivity contribution in [3.63, 3.8) is 0 Å². The number of phosphoric acid groups is 1. The quantitative estimate of drug-likeness (QED) is 0.0129. The summed E-state index contributed by atoms with van der Waals surface area (Å²) in [5.74, 6) is -3.16. The van der Waals surface area contributed by atoms with E-state index in [1.165, 1.54) is 193 Å². The van der Waals surface area contributed by atoms with Crippen LogP contribution in [-0.4, -0.2) is 160 Å². The molecule has 2 heterocycles. The number of esters is 5. The van der Waals surface area contributed by atoms with E-state index < -0.39 is 155 Å². The smallest absolute Gasteiger partial charge is 0.462 e. The van der Waals surface area contributed by atoms with Crippen molar-refractivity contribution < 1.29 is 106 Å². The number of hydrogen-bond donors (Lipinski definition) is 7. The molecule has 0 spiro atoms. The van der Waals surface area contributed by atoms with Crippen LogP contribution in [0.1, 0.15) is 582 Å². The van der Waals surface area contributed by atoms with Gasteiger partial charge >= 0.3 is 37.7 Å². The molecule has 5 unspecified atom stereocenters. The zero-order valence-corrected chi connectivity index (χ0v) is 91.4. The molecule has 24 nitrogen and oxygen atoms in total. The van der Waals surface area contributed by atoms with Crippen LogP contribution in [0, 0.1) is 11.8 Å². The van der Waals surface area contributed by atoms with Crippen molar-refractivity contribution in [2.24, 2.45) is 11.8 Å². The molecule has 2 saturated heterocycles. The van der Waals surface area contributed by atoms with E-state index in [-0.39, 0.29) is 38.5 Å². The first-order chi connectivity index (χ1) is 67.4. The van der Waals surface area contributed by atoms with Crippen LogP contribution in [0.25, 0.3) is 0 Å². The van der Waals surface area contributed by atoms with Gasteiger partial charge in [0.2, 0.25) is 11.8 Å². The number of unbranched alkanes of at least 4 members (excludes halogenated alkanes) is 62. The second-order valence-corrected chi connectivity index (χ2v) is 43.8. The highest BCUT2D eigenvalue weighted by Gasteiger charge is 2.54. The third-order valence-corrected chi connectivity index (χ3v) is 28.7. The number of hydrogen-bond acceptors (Lipinski definition) is 20. The van der Waals surface area contributed by atoms with Crippen molar-refractivity contribution in [2.75, 3.05) is 13.2 Å². The first-order valence-electron chi connectivity index (χ1n) is 58.6. The monoisotopic (exact) mass is 2000 g/mol. The fraction of sp³-hybridized carbons (Fsp3) is 0.939. The molecule has 2 amide bonds. The Bertz CT molecular complexity index is 2960. The van der Waals surface area contributed by atoms with Crippen LogP contribution in [-0.2, 0) is 80.5 Å². The van der Waals surface area contributed by atoms with E-state index >= 15 is 9.59 Å². The second kappa shape index (κ2) is 90.5. The maximum atomic E-state index is 15.3. The van der Waals surface area contributed by atoms with E-state index in [9.17, 15) is 53.6 Å². The van der Waals surface area contributed by atoms with Crippen LogP contribution in [0.4, 0.5) is 0 Å². The predicted molar refractivity (Wildman–Crippen MR) is 561 cm³/mol. The van der Waals surface area contributed by atoms with E-state index in [2.05, 4.69) is 72.9 Å². The summed E-state index contributed by atoms with van der Waals surface area (Å²) < 4.78 is 69.1. The Morgan fingerprint density at radius 1 is 0.302 bits per heavy atom. The van der Waals surface area contributed by atoms with Crippen molar-refractivity contribution in [3.05, 3.63) is 0 Å². The Labute approximate surface area is 848 Å². The van der Waals surface area contributed by atoms with Gasteiger partial charge in [-0.15, -0.1) is 0 Å². The lowest BCUT2D eigenvalue weighted by molar-refractivity contribution is -0.298. The highest BCUT2D eigenvalue weighted by atomic mass is 31.2. The highest BCUT2D eigenvalue weighted by molar-refractivity contribution is 7.46. The van der Waals surface area contributed by atoms with Gasteiger partial charge < -0.3 is 73.6 Å². The highest BCUT2D eigenvalue weighted by Crippen LogP contribution is 2.43. The minimum Gasteiger partial charge on any atom is -0.462 e. The third-order valence-electron chi connectivity index (χ3n) is 28.2. The number of ether oxygens (including phenoxy) is 8. The Hall–Kier alpha value is -3.84. The summed E-state index contributed by atoms with van der Waals surface area (Å²) in [6.45, 7) is 18.2. The standard InChI is InChI=1S/C114H215N2O22P/c1-10-15-20-25-30-35-37-38-40-49-60-69-78-87-105(123)136-111-107(115-100(118)88-95(81-72-63-54-43-32-27-22-17-12-3)131-102(120)84-75-66-58-50-41-46-52-61-70-79-93(6)7)113(126)134-99(109(111)125)92-130-114-108(116-101(119)89-96(82-73-64-55-44-33-28-23-18-13-4)132-103(121)85-76-67-59-51-42-47-53-62-71-80-94(8)9)112(110(98(91-117)135-114)138-139(127,128)129)137-106(124)90-97(83-74-65-56-45-34-29-24-19-14-5)133-104(122)86-77-68-57-48-39-36-31-26-21-16-11-2/h93-99,107-114,117,125-126H,10-92H2,1-9H3,(H,115,118)(H,116,119)(H2,127,128,129)/t95-,96-,97-,98?,99?,107?,108?,109-,110-,111-,112-,113?,114-/m1/s1. The molecule has 0 saturated carbocycles. The van der Waals surface area contributed by atoms with Crippen LogP contribution in [0.5, 0.6) is 0 Å². The van der Waals surface area contributed by atoms with Gasteiger partial charge in [-0.05, 0) is 76.0 Å². The number of aliphatic hydroxyl groups is 3. The van der Waals surface area contributed by atoms with Gasteiger partial charge in [0, 0.05) is 25.7 Å². The van der Waals surface area contributed by atoms with Crippen LogP contribution in [0.2, 0.25) is 0 Å². The maximum Gasteiger partial charge on any atom is 0.470 e.